The number of thiophene rings is 1. The van der Waals surface area contributed by atoms with Gasteiger partial charge in [-0.3, -0.25) is 14.2 Å². The van der Waals surface area contributed by atoms with Crippen molar-refractivity contribution in [1.29, 1.82) is 0 Å². The normalized spacial score (nSPS) is 15.5. The molecule has 0 bridgehead atoms. The lowest BCUT2D eigenvalue weighted by atomic mass is 9.99. The molecule has 1 unspecified atom stereocenters. The Morgan fingerprint density at radius 1 is 1.14 bits per heavy atom. The van der Waals surface area contributed by atoms with Gasteiger partial charge >= 0.3 is 5.69 Å². The minimum Gasteiger partial charge on any atom is -0.342 e. The van der Waals surface area contributed by atoms with E-state index >= 15 is 0 Å². The van der Waals surface area contributed by atoms with Crippen LogP contribution in [0.5, 0.6) is 0 Å². The van der Waals surface area contributed by atoms with Crippen molar-refractivity contribution >= 4 is 56.7 Å². The molecule has 2 aromatic heterocycles. The summed E-state index contributed by atoms with van der Waals surface area (Å²) in [5, 5.41) is 6.07. The number of hydrogen-bond acceptors (Lipinski definition) is 5. The van der Waals surface area contributed by atoms with Gasteiger partial charge in [0.25, 0.3) is 0 Å². The van der Waals surface area contributed by atoms with Crippen molar-refractivity contribution in [2.45, 2.75) is 50.7 Å². The number of rotatable bonds is 6. The Bertz CT molecular complexity index is 1480. The zero-order chi connectivity index (χ0) is 25.4. The monoisotopic (exact) mass is 541 g/mol. The maximum absolute atomic E-state index is 13.7. The highest BCUT2D eigenvalue weighted by Gasteiger charge is 2.33. The Kier molecular flexibility index (Phi) is 7.77. The number of amides is 2. The second kappa shape index (κ2) is 10.7. The van der Waals surface area contributed by atoms with Gasteiger partial charge in [-0.05, 0) is 61.2 Å². The predicted molar refractivity (Wildman–Crippen MR) is 150 cm³/mol. The van der Waals surface area contributed by atoms with Crippen LogP contribution in [0.4, 0.5) is 0 Å². The van der Waals surface area contributed by atoms with Crippen LogP contribution in [0.2, 0.25) is 0 Å². The molecule has 5 rings (SSSR count). The molecule has 4 aromatic rings. The van der Waals surface area contributed by atoms with Crippen LogP contribution in [0.3, 0.4) is 0 Å². The first-order chi connectivity index (χ1) is 17.2. The van der Waals surface area contributed by atoms with Crippen molar-refractivity contribution in [1.82, 2.24) is 19.8 Å². The molecular formula is C27H32ClN5O3S. The number of nitrogens with two attached hydrogens (primary N) is 1. The van der Waals surface area contributed by atoms with E-state index in [4.69, 9.17) is 5.73 Å². The van der Waals surface area contributed by atoms with E-state index in [1.165, 1.54) is 0 Å². The lowest BCUT2D eigenvalue weighted by Crippen LogP contribution is -2.57. The summed E-state index contributed by atoms with van der Waals surface area (Å²) in [5.74, 6) is -0.478. The van der Waals surface area contributed by atoms with Gasteiger partial charge in [0.2, 0.25) is 11.8 Å². The molecule has 10 heteroatoms. The molecule has 196 valence electrons. The number of H-pyrrole nitrogens is 1. The highest BCUT2D eigenvalue weighted by atomic mass is 35.5. The third-order valence-corrected chi connectivity index (χ3v) is 7.95. The Morgan fingerprint density at radius 2 is 1.81 bits per heavy atom. The van der Waals surface area contributed by atoms with Gasteiger partial charge in [0, 0.05) is 30.3 Å². The van der Waals surface area contributed by atoms with Crippen LogP contribution in [0.1, 0.15) is 38.3 Å². The summed E-state index contributed by atoms with van der Waals surface area (Å²) in [6.45, 7) is 4.29. The zero-order valence-corrected chi connectivity index (χ0v) is 22.5. The van der Waals surface area contributed by atoms with Gasteiger partial charge in [-0.1, -0.05) is 30.3 Å². The highest BCUT2D eigenvalue weighted by molar-refractivity contribution is 7.17. The molecule has 3 heterocycles. The minimum absolute atomic E-state index is 0. The Labute approximate surface area is 225 Å². The van der Waals surface area contributed by atoms with Gasteiger partial charge in [0.15, 0.2) is 0 Å². The summed E-state index contributed by atoms with van der Waals surface area (Å²) >= 11 is 1.63. The Balaban J connectivity index is 0.00000320. The number of para-hydroxylation sites is 2. The van der Waals surface area contributed by atoms with Crippen LogP contribution in [-0.2, 0) is 16.0 Å². The van der Waals surface area contributed by atoms with Crippen LogP contribution in [-0.4, -0.2) is 50.9 Å². The van der Waals surface area contributed by atoms with Crippen molar-refractivity contribution in [3.8, 4) is 0 Å². The van der Waals surface area contributed by atoms with E-state index in [0.29, 0.717) is 32.4 Å². The lowest BCUT2D eigenvalue weighted by molar-refractivity contribution is -0.138. The van der Waals surface area contributed by atoms with Crippen molar-refractivity contribution in [2.75, 3.05) is 13.1 Å². The third-order valence-electron chi connectivity index (χ3n) is 6.94. The molecule has 1 aliphatic heterocycles. The quantitative estimate of drug-likeness (QED) is 0.346. The molecule has 4 N–H and O–H groups in total. The number of fused-ring (bicyclic) bond motifs is 2. The molecule has 8 nitrogen and oxygen atoms in total. The number of likely N-dealkylation sites (tertiary alicyclic amines) is 1. The molecule has 0 saturated carbocycles. The predicted octanol–water partition coefficient (Wildman–Crippen LogP) is 3.59. The molecule has 37 heavy (non-hydrogen) atoms. The largest absolute Gasteiger partial charge is 0.342 e. The minimum atomic E-state index is -1.10. The number of halogens is 1. The molecule has 1 aliphatic rings. The number of hydrogen-bond donors (Lipinski definition) is 3. The summed E-state index contributed by atoms with van der Waals surface area (Å²) in [6.07, 6.45) is 1.72. The average Bonchev–Trinajstić information content (AvgIpc) is 3.42. The van der Waals surface area contributed by atoms with E-state index in [0.717, 1.165) is 26.7 Å². The smallest absolute Gasteiger partial charge is 0.326 e. The van der Waals surface area contributed by atoms with Crippen LogP contribution < -0.4 is 16.7 Å². The van der Waals surface area contributed by atoms with E-state index in [9.17, 15) is 14.4 Å². The van der Waals surface area contributed by atoms with E-state index in [-0.39, 0.29) is 36.0 Å². The van der Waals surface area contributed by atoms with Gasteiger partial charge in [0.05, 0.1) is 16.6 Å². The fourth-order valence-electron chi connectivity index (χ4n) is 4.96. The SMILES string of the molecule is CC(C)(N)C(=O)NC(Cc1csc2ccccc12)C(=O)N1CCC(n2c(=O)[nH]c3ccccc32)CC1.Cl. The first kappa shape index (κ1) is 26.9. The second-order valence-electron chi connectivity index (χ2n) is 10.1. The van der Waals surface area contributed by atoms with Crippen molar-refractivity contribution in [3.05, 3.63) is 70.0 Å². The number of aromatic amines is 1. The number of aromatic nitrogens is 2. The van der Waals surface area contributed by atoms with Crippen molar-refractivity contribution in [2.24, 2.45) is 5.73 Å². The topological polar surface area (TPSA) is 113 Å². The first-order valence-electron chi connectivity index (χ1n) is 12.3. The molecule has 1 atom stereocenters. The van der Waals surface area contributed by atoms with Crippen LogP contribution >= 0.6 is 23.7 Å². The standard InChI is InChI=1S/C27H31N5O3S.ClH/c1-27(2,28)25(34)29-21(15-17-16-36-23-10-6-3-7-19(17)23)24(33)31-13-11-18(12-14-31)32-22-9-5-4-8-20(22)30-26(32)35;/h3-10,16,18,21H,11-15,28H2,1-2H3,(H,29,34)(H,30,35);1H. The number of carbonyl (C=O) groups excluding carboxylic acids is 2. The average molecular weight is 542 g/mol. The number of benzene rings is 2. The molecule has 1 fully saturated rings. The Hall–Kier alpha value is -3.14. The lowest BCUT2D eigenvalue weighted by Gasteiger charge is -2.35. The van der Waals surface area contributed by atoms with Gasteiger partial charge in [-0.25, -0.2) is 4.79 Å². The third kappa shape index (κ3) is 5.44. The first-order valence-corrected chi connectivity index (χ1v) is 13.1. The fraction of sp³-hybridized carbons (Fsp3) is 0.370. The molecular weight excluding hydrogens is 510 g/mol. The highest BCUT2D eigenvalue weighted by Crippen LogP contribution is 2.28. The Morgan fingerprint density at radius 3 is 2.54 bits per heavy atom. The summed E-state index contributed by atoms with van der Waals surface area (Å²) in [7, 11) is 0. The van der Waals surface area contributed by atoms with Crippen LogP contribution in [0.25, 0.3) is 21.1 Å². The van der Waals surface area contributed by atoms with Crippen LogP contribution in [0, 0.1) is 0 Å². The number of nitrogens with zero attached hydrogens (tertiary/aromatic N) is 2. The molecule has 0 aliphatic carbocycles. The zero-order valence-electron chi connectivity index (χ0n) is 20.9. The van der Waals surface area contributed by atoms with Crippen LogP contribution in [0.15, 0.2) is 58.7 Å². The number of carbonyl (C=O) groups is 2. The fourth-order valence-corrected chi connectivity index (χ4v) is 5.93. The van der Waals surface area contributed by atoms with E-state index in [1.54, 1.807) is 30.1 Å². The summed E-state index contributed by atoms with van der Waals surface area (Å²) in [5.41, 5.74) is 7.54. The summed E-state index contributed by atoms with van der Waals surface area (Å²) in [6, 6.07) is 15.0. The maximum Gasteiger partial charge on any atom is 0.326 e. The van der Waals surface area contributed by atoms with Crippen molar-refractivity contribution < 1.29 is 9.59 Å². The van der Waals surface area contributed by atoms with E-state index in [2.05, 4.69) is 21.7 Å². The van der Waals surface area contributed by atoms with Gasteiger partial charge in [0.1, 0.15) is 6.04 Å². The summed E-state index contributed by atoms with van der Waals surface area (Å²) < 4.78 is 2.96. The summed E-state index contributed by atoms with van der Waals surface area (Å²) in [4.78, 5) is 43.8. The van der Waals surface area contributed by atoms with Crippen molar-refractivity contribution in [3.63, 3.8) is 0 Å². The molecule has 2 amide bonds. The maximum atomic E-state index is 13.7. The van der Waals surface area contributed by atoms with Gasteiger partial charge < -0.3 is 20.9 Å². The van der Waals surface area contributed by atoms with E-state index < -0.39 is 11.6 Å². The molecule has 1 saturated heterocycles. The molecule has 0 radical (unpaired) electrons. The van der Waals surface area contributed by atoms with Gasteiger partial charge in [-0.15, -0.1) is 23.7 Å². The number of imidazole rings is 1. The number of nitrogens with one attached hydrogen (secondary N) is 2. The number of piperidine rings is 1. The van der Waals surface area contributed by atoms with Gasteiger partial charge in [-0.2, -0.15) is 0 Å². The second-order valence-corrected chi connectivity index (χ2v) is 11.0. The molecule has 0 spiro atoms. The molecule has 2 aromatic carbocycles. The van der Waals surface area contributed by atoms with E-state index in [1.807, 2.05) is 47.0 Å².